The second kappa shape index (κ2) is 6.55. The van der Waals surface area contributed by atoms with E-state index < -0.39 is 6.23 Å². The normalized spacial score (nSPS) is 16.4. The highest BCUT2D eigenvalue weighted by atomic mass is 16.6. The Morgan fingerprint density at radius 3 is 2.41 bits per heavy atom. The molecule has 4 rings (SSSR count). The van der Waals surface area contributed by atoms with Crippen molar-refractivity contribution >= 4 is 11.7 Å². The highest BCUT2D eigenvalue weighted by molar-refractivity contribution is 5.86. The van der Waals surface area contributed by atoms with Crippen LogP contribution in [0.25, 0.3) is 5.69 Å². The number of hydrogen-bond donors (Lipinski definition) is 0. The van der Waals surface area contributed by atoms with Crippen LogP contribution in [0.3, 0.4) is 0 Å². The highest BCUT2D eigenvalue weighted by Crippen LogP contribution is 2.38. The molecule has 0 spiro atoms. The van der Waals surface area contributed by atoms with Crippen molar-refractivity contribution in [1.82, 2.24) is 9.69 Å². The number of ether oxygens (including phenoxy) is 1. The number of hydrogen-bond acceptors (Lipinski definition) is 4. The van der Waals surface area contributed by atoms with Gasteiger partial charge in [0.2, 0.25) is 11.9 Å². The fourth-order valence-electron chi connectivity index (χ4n) is 3.52. The fourth-order valence-corrected chi connectivity index (χ4v) is 3.52. The molecular formula is C21H23N4O2+. The molecular weight excluding hydrogens is 340 g/mol. The molecule has 0 saturated heterocycles. The van der Waals surface area contributed by atoms with E-state index in [0.717, 1.165) is 22.6 Å². The summed E-state index contributed by atoms with van der Waals surface area (Å²) >= 11 is 0. The molecule has 0 saturated carbocycles. The molecule has 1 aromatic heterocycles. The third kappa shape index (κ3) is 2.78. The van der Waals surface area contributed by atoms with Crippen molar-refractivity contribution in [2.75, 3.05) is 19.1 Å². The van der Waals surface area contributed by atoms with Gasteiger partial charge in [-0.25, -0.2) is 4.79 Å². The van der Waals surface area contributed by atoms with Crippen molar-refractivity contribution in [2.24, 2.45) is 7.05 Å². The van der Waals surface area contributed by atoms with Gasteiger partial charge in [0, 0.05) is 37.9 Å². The minimum Gasteiger partial charge on any atom is -0.432 e. The summed E-state index contributed by atoms with van der Waals surface area (Å²) < 4.78 is 9.77. The number of carbonyl (C=O) groups is 1. The maximum Gasteiger partial charge on any atom is 0.408 e. The smallest absolute Gasteiger partial charge is 0.408 e. The molecule has 1 atom stereocenters. The average Bonchev–Trinajstić information content (AvgIpc) is 3.12. The summed E-state index contributed by atoms with van der Waals surface area (Å²) in [5.41, 5.74) is 4.41. The molecule has 2 heterocycles. The molecule has 0 N–H and O–H groups in total. The molecule has 27 heavy (non-hydrogen) atoms. The molecule has 3 aromatic rings. The first-order chi connectivity index (χ1) is 13.0. The van der Waals surface area contributed by atoms with Crippen molar-refractivity contribution in [3.05, 3.63) is 77.6 Å². The van der Waals surface area contributed by atoms with E-state index in [-0.39, 0.29) is 5.97 Å². The SMILES string of the molecule is Cc1cc(C(=O)OC2c3ccccc3N(C)N2C)[n+](-c2ccccc2)n1C. The first-order valence-electron chi connectivity index (χ1n) is 8.89. The van der Waals surface area contributed by atoms with Crippen LogP contribution in [0.5, 0.6) is 0 Å². The number of aromatic nitrogens is 2. The quantitative estimate of drug-likeness (QED) is 0.530. The monoisotopic (exact) mass is 363 g/mol. The van der Waals surface area contributed by atoms with Crippen LogP contribution in [0.1, 0.15) is 28.0 Å². The van der Waals surface area contributed by atoms with Crippen molar-refractivity contribution < 1.29 is 14.2 Å². The first kappa shape index (κ1) is 17.3. The molecule has 0 fully saturated rings. The Morgan fingerprint density at radius 1 is 1.00 bits per heavy atom. The molecule has 0 amide bonds. The Morgan fingerprint density at radius 2 is 1.67 bits per heavy atom. The summed E-state index contributed by atoms with van der Waals surface area (Å²) in [7, 11) is 5.81. The number of benzene rings is 2. The third-order valence-corrected chi connectivity index (χ3v) is 5.18. The summed E-state index contributed by atoms with van der Waals surface area (Å²) in [6.45, 7) is 1.97. The van der Waals surface area contributed by atoms with E-state index in [0.29, 0.717) is 5.69 Å². The highest BCUT2D eigenvalue weighted by Gasteiger charge is 2.37. The number of hydrazine groups is 1. The largest absolute Gasteiger partial charge is 0.432 e. The molecule has 138 valence electrons. The number of anilines is 1. The average molecular weight is 363 g/mol. The lowest BCUT2D eigenvalue weighted by molar-refractivity contribution is -0.685. The van der Waals surface area contributed by atoms with Crippen LogP contribution in [0, 0.1) is 6.92 Å². The second-order valence-corrected chi connectivity index (χ2v) is 6.76. The van der Waals surface area contributed by atoms with Crippen LogP contribution in [-0.2, 0) is 11.8 Å². The summed E-state index contributed by atoms with van der Waals surface area (Å²) in [6, 6.07) is 19.6. The van der Waals surface area contributed by atoms with Gasteiger partial charge in [-0.2, -0.15) is 9.69 Å². The van der Waals surface area contributed by atoms with E-state index in [1.165, 1.54) is 0 Å². The number of fused-ring (bicyclic) bond motifs is 1. The number of nitrogens with zero attached hydrogens (tertiary/aromatic N) is 4. The predicted molar refractivity (Wildman–Crippen MR) is 102 cm³/mol. The Balaban J connectivity index is 1.70. The molecule has 1 aliphatic heterocycles. The van der Waals surface area contributed by atoms with E-state index in [2.05, 4.69) is 0 Å². The Hall–Kier alpha value is -3.12. The Kier molecular flexibility index (Phi) is 4.20. The van der Waals surface area contributed by atoms with E-state index in [1.54, 1.807) is 0 Å². The van der Waals surface area contributed by atoms with Crippen molar-refractivity contribution in [2.45, 2.75) is 13.2 Å². The zero-order valence-corrected chi connectivity index (χ0v) is 16.0. The lowest BCUT2D eigenvalue weighted by Gasteiger charge is -2.25. The van der Waals surface area contributed by atoms with E-state index in [1.807, 2.05) is 108 Å². The Labute approximate surface area is 158 Å². The lowest BCUT2D eigenvalue weighted by Crippen LogP contribution is -2.45. The van der Waals surface area contributed by atoms with Gasteiger partial charge in [-0.1, -0.05) is 41.1 Å². The molecule has 1 unspecified atom stereocenters. The van der Waals surface area contributed by atoms with Crippen molar-refractivity contribution in [3.8, 4) is 5.69 Å². The van der Waals surface area contributed by atoms with Crippen LogP contribution in [0.4, 0.5) is 5.69 Å². The number of esters is 1. The van der Waals surface area contributed by atoms with Crippen LogP contribution in [0.15, 0.2) is 60.7 Å². The van der Waals surface area contributed by atoms with Gasteiger partial charge in [0.25, 0.3) is 0 Å². The molecule has 2 aromatic carbocycles. The van der Waals surface area contributed by atoms with Gasteiger partial charge >= 0.3 is 11.7 Å². The maximum atomic E-state index is 13.1. The van der Waals surface area contributed by atoms with Gasteiger partial charge in [0.15, 0.2) is 0 Å². The molecule has 6 nitrogen and oxygen atoms in total. The molecule has 6 heteroatoms. The molecule has 0 bridgehead atoms. The van der Waals surface area contributed by atoms with Gasteiger partial charge in [-0.05, 0) is 13.0 Å². The van der Waals surface area contributed by atoms with Crippen LogP contribution >= 0.6 is 0 Å². The van der Waals surface area contributed by atoms with E-state index in [9.17, 15) is 4.79 Å². The zero-order chi connectivity index (χ0) is 19.1. The number of carbonyl (C=O) groups excluding carboxylic acids is 1. The van der Waals surface area contributed by atoms with Gasteiger partial charge in [-0.3, -0.25) is 0 Å². The van der Waals surface area contributed by atoms with E-state index in [4.69, 9.17) is 4.74 Å². The summed E-state index contributed by atoms with van der Waals surface area (Å²) in [5.74, 6) is -0.357. The minimum absolute atomic E-state index is 0.357. The van der Waals surface area contributed by atoms with Crippen LogP contribution in [0.2, 0.25) is 0 Å². The topological polar surface area (TPSA) is 41.6 Å². The molecule has 1 aliphatic rings. The number of para-hydroxylation sites is 2. The molecule has 0 aliphatic carbocycles. The fraction of sp³-hybridized carbons (Fsp3) is 0.238. The first-order valence-corrected chi connectivity index (χ1v) is 8.89. The summed E-state index contributed by atoms with van der Waals surface area (Å²) in [4.78, 5) is 13.1. The van der Waals surface area contributed by atoms with Crippen LogP contribution in [-0.4, -0.2) is 29.8 Å². The van der Waals surface area contributed by atoms with Crippen molar-refractivity contribution in [3.63, 3.8) is 0 Å². The van der Waals surface area contributed by atoms with Gasteiger partial charge in [0.05, 0.1) is 18.4 Å². The number of rotatable bonds is 3. The predicted octanol–water partition coefficient (Wildman–Crippen LogP) is 2.76. The van der Waals surface area contributed by atoms with Gasteiger partial charge in [0.1, 0.15) is 0 Å². The van der Waals surface area contributed by atoms with E-state index >= 15 is 0 Å². The maximum absolute atomic E-state index is 13.1. The third-order valence-electron chi connectivity index (χ3n) is 5.18. The van der Waals surface area contributed by atoms with Gasteiger partial charge < -0.3 is 9.75 Å². The zero-order valence-electron chi connectivity index (χ0n) is 16.0. The standard InChI is InChI=1S/C21H23N4O2/c1-15-14-19(25(22(15)2)16-10-6-5-7-11-16)21(26)27-20-17-12-8-9-13-18(17)23(3)24(20)4/h5-14,20H,1-4H3/q+1. The Bertz CT molecular complexity index is 997. The second-order valence-electron chi connectivity index (χ2n) is 6.76. The van der Waals surface area contributed by atoms with Gasteiger partial charge in [-0.15, -0.1) is 0 Å². The summed E-state index contributed by atoms with van der Waals surface area (Å²) in [6.07, 6.45) is -0.455. The summed E-state index contributed by atoms with van der Waals surface area (Å²) in [5, 5.41) is 3.92. The van der Waals surface area contributed by atoms with Crippen molar-refractivity contribution in [1.29, 1.82) is 0 Å². The minimum atomic E-state index is -0.455. The lowest BCUT2D eigenvalue weighted by atomic mass is 10.2. The number of aryl methyl sites for hydroxylation is 1. The molecule has 0 radical (unpaired) electrons. The van der Waals surface area contributed by atoms with Crippen LogP contribution < -0.4 is 9.69 Å².